The Morgan fingerprint density at radius 3 is 2.48 bits per heavy atom. The SMILES string of the molecule is COc1ccc(CCNC(C)c2cc(Cl)ccc2Cl)cc1. The van der Waals surface area contributed by atoms with E-state index in [-0.39, 0.29) is 6.04 Å². The quantitative estimate of drug-likeness (QED) is 0.816. The number of benzene rings is 2. The molecule has 4 heteroatoms. The Hall–Kier alpha value is -1.22. The lowest BCUT2D eigenvalue weighted by molar-refractivity contribution is 0.414. The van der Waals surface area contributed by atoms with E-state index in [1.165, 1.54) is 5.56 Å². The molecule has 0 radical (unpaired) electrons. The number of nitrogens with one attached hydrogen (secondary N) is 1. The number of hydrogen-bond acceptors (Lipinski definition) is 2. The lowest BCUT2D eigenvalue weighted by Gasteiger charge is -2.16. The molecule has 0 spiro atoms. The maximum atomic E-state index is 6.21. The van der Waals surface area contributed by atoms with Crippen molar-refractivity contribution in [2.75, 3.05) is 13.7 Å². The lowest BCUT2D eigenvalue weighted by atomic mass is 10.1. The molecule has 0 aliphatic rings. The number of halogens is 2. The molecule has 0 heterocycles. The van der Waals surface area contributed by atoms with Crippen molar-refractivity contribution >= 4 is 23.2 Å². The molecule has 1 atom stereocenters. The minimum atomic E-state index is 0.162. The van der Waals surface area contributed by atoms with Crippen LogP contribution in [0.4, 0.5) is 0 Å². The van der Waals surface area contributed by atoms with Gasteiger partial charge < -0.3 is 10.1 Å². The van der Waals surface area contributed by atoms with E-state index in [9.17, 15) is 0 Å². The minimum Gasteiger partial charge on any atom is -0.497 e. The average Bonchev–Trinajstić information content (AvgIpc) is 2.50. The number of ether oxygens (including phenoxy) is 1. The van der Waals surface area contributed by atoms with E-state index in [4.69, 9.17) is 27.9 Å². The molecule has 0 aromatic heterocycles. The van der Waals surface area contributed by atoms with Gasteiger partial charge in [0.2, 0.25) is 0 Å². The molecule has 0 saturated carbocycles. The number of methoxy groups -OCH3 is 1. The van der Waals surface area contributed by atoms with Gasteiger partial charge >= 0.3 is 0 Å². The van der Waals surface area contributed by atoms with Gasteiger partial charge in [-0.3, -0.25) is 0 Å². The highest BCUT2D eigenvalue weighted by atomic mass is 35.5. The molecule has 0 aliphatic carbocycles. The third-order valence-corrected chi connectivity index (χ3v) is 4.03. The van der Waals surface area contributed by atoms with E-state index in [1.54, 1.807) is 13.2 Å². The summed E-state index contributed by atoms with van der Waals surface area (Å²) in [4.78, 5) is 0. The van der Waals surface area contributed by atoms with E-state index < -0.39 is 0 Å². The van der Waals surface area contributed by atoms with Gasteiger partial charge in [-0.2, -0.15) is 0 Å². The van der Waals surface area contributed by atoms with Gasteiger partial charge in [-0.05, 0) is 61.3 Å². The Bertz CT molecular complexity index is 584. The summed E-state index contributed by atoms with van der Waals surface area (Å²) in [5.74, 6) is 0.880. The van der Waals surface area contributed by atoms with Gasteiger partial charge in [-0.1, -0.05) is 35.3 Å². The summed E-state index contributed by atoms with van der Waals surface area (Å²) in [6.07, 6.45) is 0.951. The predicted octanol–water partition coefficient (Wildman–Crippen LogP) is 4.90. The fraction of sp³-hybridized carbons (Fsp3) is 0.294. The summed E-state index contributed by atoms with van der Waals surface area (Å²) >= 11 is 12.2. The van der Waals surface area contributed by atoms with Crippen LogP contribution < -0.4 is 10.1 Å². The molecular weight excluding hydrogens is 305 g/mol. The molecule has 1 N–H and O–H groups in total. The Balaban J connectivity index is 1.88. The van der Waals surface area contributed by atoms with Crippen LogP contribution in [-0.2, 0) is 6.42 Å². The van der Waals surface area contributed by atoms with Crippen LogP contribution in [0.2, 0.25) is 10.0 Å². The lowest BCUT2D eigenvalue weighted by Crippen LogP contribution is -2.21. The monoisotopic (exact) mass is 323 g/mol. The van der Waals surface area contributed by atoms with Gasteiger partial charge in [-0.25, -0.2) is 0 Å². The van der Waals surface area contributed by atoms with Gasteiger partial charge in [0.05, 0.1) is 7.11 Å². The van der Waals surface area contributed by atoms with E-state index in [1.807, 2.05) is 24.3 Å². The van der Waals surface area contributed by atoms with Crippen LogP contribution in [0.25, 0.3) is 0 Å². The van der Waals surface area contributed by atoms with E-state index in [0.717, 1.165) is 29.3 Å². The predicted molar refractivity (Wildman–Crippen MR) is 89.6 cm³/mol. The summed E-state index contributed by atoms with van der Waals surface area (Å²) in [5, 5.41) is 4.92. The smallest absolute Gasteiger partial charge is 0.118 e. The summed E-state index contributed by atoms with van der Waals surface area (Å²) in [6.45, 7) is 2.96. The first-order valence-electron chi connectivity index (χ1n) is 6.91. The van der Waals surface area contributed by atoms with Crippen molar-refractivity contribution in [1.29, 1.82) is 0 Å². The minimum absolute atomic E-state index is 0.162. The van der Waals surface area contributed by atoms with Crippen molar-refractivity contribution in [1.82, 2.24) is 5.32 Å². The molecule has 1 unspecified atom stereocenters. The summed E-state index contributed by atoms with van der Waals surface area (Å²) in [6, 6.07) is 13.8. The summed E-state index contributed by atoms with van der Waals surface area (Å²) < 4.78 is 5.15. The fourth-order valence-electron chi connectivity index (χ4n) is 2.18. The van der Waals surface area contributed by atoms with Crippen molar-refractivity contribution in [3.05, 3.63) is 63.6 Å². The van der Waals surface area contributed by atoms with Crippen LogP contribution in [0.3, 0.4) is 0 Å². The van der Waals surface area contributed by atoms with Crippen molar-refractivity contribution in [2.45, 2.75) is 19.4 Å². The number of rotatable bonds is 6. The van der Waals surface area contributed by atoms with Crippen LogP contribution >= 0.6 is 23.2 Å². The van der Waals surface area contributed by atoms with E-state index in [0.29, 0.717) is 5.02 Å². The topological polar surface area (TPSA) is 21.3 Å². The molecule has 0 fully saturated rings. The highest BCUT2D eigenvalue weighted by Gasteiger charge is 2.09. The molecule has 21 heavy (non-hydrogen) atoms. The summed E-state index contributed by atoms with van der Waals surface area (Å²) in [7, 11) is 1.67. The Kier molecular flexibility index (Phi) is 5.92. The van der Waals surface area contributed by atoms with Crippen molar-refractivity contribution in [2.24, 2.45) is 0 Å². The Morgan fingerprint density at radius 2 is 1.81 bits per heavy atom. The molecule has 2 aromatic rings. The second kappa shape index (κ2) is 7.69. The van der Waals surface area contributed by atoms with E-state index >= 15 is 0 Å². The van der Waals surface area contributed by atoms with Crippen molar-refractivity contribution in [3.8, 4) is 5.75 Å². The largest absolute Gasteiger partial charge is 0.497 e. The fourth-order valence-corrected chi connectivity index (χ4v) is 2.64. The number of hydrogen-bond donors (Lipinski definition) is 1. The van der Waals surface area contributed by atoms with Gasteiger partial charge in [0.1, 0.15) is 5.75 Å². The second-order valence-electron chi connectivity index (χ2n) is 4.94. The normalized spacial score (nSPS) is 12.2. The Labute approximate surface area is 136 Å². The first-order chi connectivity index (χ1) is 10.1. The third-order valence-electron chi connectivity index (χ3n) is 3.45. The van der Waals surface area contributed by atoms with Gasteiger partial charge in [0.15, 0.2) is 0 Å². The zero-order valence-corrected chi connectivity index (χ0v) is 13.7. The van der Waals surface area contributed by atoms with Crippen molar-refractivity contribution < 1.29 is 4.74 Å². The molecule has 2 nitrogen and oxygen atoms in total. The van der Waals surface area contributed by atoms with Gasteiger partial charge in [-0.15, -0.1) is 0 Å². The molecule has 112 valence electrons. The maximum Gasteiger partial charge on any atom is 0.118 e. The maximum absolute atomic E-state index is 6.21. The van der Waals surface area contributed by atoms with Crippen LogP contribution in [0.1, 0.15) is 24.1 Å². The van der Waals surface area contributed by atoms with Gasteiger partial charge in [0, 0.05) is 16.1 Å². The van der Waals surface area contributed by atoms with Crippen LogP contribution in [-0.4, -0.2) is 13.7 Å². The van der Waals surface area contributed by atoms with E-state index in [2.05, 4.69) is 24.4 Å². The highest BCUT2D eigenvalue weighted by Crippen LogP contribution is 2.26. The molecule has 0 aliphatic heterocycles. The molecule has 0 amide bonds. The van der Waals surface area contributed by atoms with Crippen LogP contribution in [0, 0.1) is 0 Å². The summed E-state index contributed by atoms with van der Waals surface area (Å²) in [5.41, 5.74) is 2.30. The van der Waals surface area contributed by atoms with Crippen molar-refractivity contribution in [3.63, 3.8) is 0 Å². The molecule has 0 saturated heterocycles. The molecular formula is C17H19Cl2NO. The standard InChI is InChI=1S/C17H19Cl2NO/c1-12(16-11-14(18)5-8-17(16)19)20-10-9-13-3-6-15(21-2)7-4-13/h3-8,11-12,20H,9-10H2,1-2H3. The zero-order valence-electron chi connectivity index (χ0n) is 12.2. The first-order valence-corrected chi connectivity index (χ1v) is 7.67. The molecule has 2 aromatic carbocycles. The van der Waals surface area contributed by atoms with Gasteiger partial charge in [0.25, 0.3) is 0 Å². The Morgan fingerprint density at radius 1 is 1.10 bits per heavy atom. The highest BCUT2D eigenvalue weighted by molar-refractivity contribution is 6.33. The van der Waals surface area contributed by atoms with Crippen LogP contribution in [0.15, 0.2) is 42.5 Å². The first kappa shape index (κ1) is 16.2. The average molecular weight is 324 g/mol. The molecule has 0 bridgehead atoms. The zero-order chi connectivity index (χ0) is 15.2. The molecule has 2 rings (SSSR count). The second-order valence-corrected chi connectivity index (χ2v) is 5.78. The van der Waals surface area contributed by atoms with Crippen LogP contribution in [0.5, 0.6) is 5.75 Å². The third kappa shape index (κ3) is 4.63.